The Labute approximate surface area is 172 Å². The van der Waals surface area contributed by atoms with E-state index >= 15 is 0 Å². The van der Waals surface area contributed by atoms with Crippen LogP contribution < -0.4 is 15.4 Å². The average molecular weight is 412 g/mol. The van der Waals surface area contributed by atoms with E-state index in [-0.39, 0.29) is 0 Å². The minimum Gasteiger partial charge on any atom is -0.368 e. The molecule has 5 rings (SSSR count). The molecule has 9 heteroatoms. The summed E-state index contributed by atoms with van der Waals surface area (Å²) in [6, 6.07) is 5.42. The number of fused-ring (bicyclic) bond motifs is 2. The Morgan fingerprint density at radius 1 is 1.00 bits per heavy atom. The van der Waals surface area contributed by atoms with Gasteiger partial charge in [0.2, 0.25) is 0 Å². The van der Waals surface area contributed by atoms with Crippen LogP contribution in [0.1, 0.15) is 17.7 Å². The van der Waals surface area contributed by atoms with E-state index in [1.54, 1.807) is 12.4 Å². The third-order valence-electron chi connectivity index (χ3n) is 5.94. The van der Waals surface area contributed by atoms with Gasteiger partial charge in [-0.3, -0.25) is 9.36 Å². The van der Waals surface area contributed by atoms with Gasteiger partial charge in [-0.25, -0.2) is 23.7 Å². The quantitative estimate of drug-likeness (QED) is 0.655. The molecule has 0 bridgehead atoms. The van der Waals surface area contributed by atoms with Gasteiger partial charge in [0.25, 0.3) is 12.0 Å². The van der Waals surface area contributed by atoms with Crippen molar-refractivity contribution in [1.82, 2.24) is 19.5 Å². The first kappa shape index (κ1) is 18.9. The molecular formula is C21H22F2N6O. The number of hydrogen-bond donors (Lipinski definition) is 0. The predicted octanol–water partition coefficient (Wildman–Crippen LogP) is 2.27. The highest BCUT2D eigenvalue weighted by Gasteiger charge is 2.24. The van der Waals surface area contributed by atoms with Crippen molar-refractivity contribution in [3.05, 3.63) is 52.5 Å². The molecular weight excluding hydrogens is 390 g/mol. The van der Waals surface area contributed by atoms with Crippen LogP contribution in [0.25, 0.3) is 10.9 Å². The van der Waals surface area contributed by atoms with E-state index in [9.17, 15) is 13.6 Å². The lowest BCUT2D eigenvalue weighted by molar-refractivity contribution is 0.125. The zero-order chi connectivity index (χ0) is 20.7. The van der Waals surface area contributed by atoms with Crippen LogP contribution in [0.15, 0.2) is 35.6 Å². The maximum Gasteiger partial charge on any atom is 0.261 e. The molecule has 0 atom stereocenters. The van der Waals surface area contributed by atoms with Gasteiger partial charge >= 0.3 is 0 Å². The lowest BCUT2D eigenvalue weighted by Gasteiger charge is -2.37. The number of rotatable bonds is 4. The molecule has 0 saturated carbocycles. The monoisotopic (exact) mass is 412 g/mol. The molecule has 1 aliphatic heterocycles. The van der Waals surface area contributed by atoms with Crippen molar-refractivity contribution in [2.75, 3.05) is 36.0 Å². The Hall–Kier alpha value is -3.10. The van der Waals surface area contributed by atoms with Crippen LogP contribution >= 0.6 is 0 Å². The number of aromatic nitrogens is 4. The predicted molar refractivity (Wildman–Crippen MR) is 110 cm³/mol. The van der Waals surface area contributed by atoms with E-state index in [0.717, 1.165) is 61.5 Å². The lowest BCUT2D eigenvalue weighted by atomic mass is 10.1. The zero-order valence-corrected chi connectivity index (χ0v) is 16.5. The third kappa shape index (κ3) is 3.38. The number of benzene rings is 1. The van der Waals surface area contributed by atoms with Gasteiger partial charge in [-0.1, -0.05) is 0 Å². The van der Waals surface area contributed by atoms with Gasteiger partial charge in [-0.05, 0) is 37.5 Å². The van der Waals surface area contributed by atoms with Gasteiger partial charge in [0.05, 0.1) is 23.8 Å². The first-order chi connectivity index (χ1) is 14.6. The third-order valence-corrected chi connectivity index (χ3v) is 5.94. The number of halogens is 2. The molecule has 0 unspecified atom stereocenters. The summed E-state index contributed by atoms with van der Waals surface area (Å²) in [5.74, 6) is 1.07. The summed E-state index contributed by atoms with van der Waals surface area (Å²) < 4.78 is 26.2. The number of anilines is 2. The molecule has 1 fully saturated rings. The van der Waals surface area contributed by atoms with Crippen molar-refractivity contribution in [3.63, 3.8) is 0 Å². The van der Waals surface area contributed by atoms with Crippen LogP contribution in [-0.4, -0.2) is 52.1 Å². The molecule has 0 spiro atoms. The van der Waals surface area contributed by atoms with Gasteiger partial charge in [0.15, 0.2) is 0 Å². The van der Waals surface area contributed by atoms with Gasteiger partial charge in [-0.2, -0.15) is 0 Å². The van der Waals surface area contributed by atoms with Crippen LogP contribution in [0.3, 0.4) is 0 Å². The van der Waals surface area contributed by atoms with Crippen LogP contribution in [0.4, 0.5) is 20.3 Å². The van der Waals surface area contributed by atoms with Crippen LogP contribution in [-0.2, 0) is 19.4 Å². The van der Waals surface area contributed by atoms with E-state index in [4.69, 9.17) is 0 Å². The second-order valence-corrected chi connectivity index (χ2v) is 7.74. The summed E-state index contributed by atoms with van der Waals surface area (Å²) in [6.07, 6.45) is 3.51. The van der Waals surface area contributed by atoms with Crippen molar-refractivity contribution in [2.45, 2.75) is 32.2 Å². The van der Waals surface area contributed by atoms with Gasteiger partial charge < -0.3 is 9.80 Å². The van der Waals surface area contributed by atoms with Gasteiger partial charge in [0, 0.05) is 43.1 Å². The summed E-state index contributed by atoms with van der Waals surface area (Å²) in [4.78, 5) is 30.2. The Morgan fingerprint density at radius 3 is 2.60 bits per heavy atom. The Morgan fingerprint density at radius 2 is 1.80 bits per heavy atom. The number of aryl methyl sites for hydroxylation is 1. The molecule has 1 saturated heterocycles. The van der Waals surface area contributed by atoms with E-state index < -0.39 is 18.5 Å². The largest absolute Gasteiger partial charge is 0.368 e. The maximum absolute atomic E-state index is 12.6. The molecule has 3 aromatic rings. The first-order valence-corrected chi connectivity index (χ1v) is 10.2. The summed E-state index contributed by atoms with van der Waals surface area (Å²) >= 11 is 0. The topological polar surface area (TPSA) is 67.2 Å². The standard InChI is InChI=1S/C21H22F2N6O/c22-19(23)11-29-13-26-18-10-14(4-5-16(18)21(29)30)27-6-8-28(9-7-27)20-15-2-1-3-17(15)24-12-25-20/h4-5,10,12-13,19H,1-3,6-9,11H2. The molecule has 3 heterocycles. The molecule has 156 valence electrons. The molecule has 0 amide bonds. The highest BCUT2D eigenvalue weighted by molar-refractivity contribution is 5.81. The van der Waals surface area contributed by atoms with Crippen LogP contribution in [0.2, 0.25) is 0 Å². The molecule has 1 aliphatic carbocycles. The van der Waals surface area contributed by atoms with E-state index in [2.05, 4.69) is 24.8 Å². The van der Waals surface area contributed by atoms with E-state index in [1.165, 1.54) is 17.6 Å². The second-order valence-electron chi connectivity index (χ2n) is 7.74. The molecule has 30 heavy (non-hydrogen) atoms. The zero-order valence-electron chi connectivity index (χ0n) is 16.5. The fourth-order valence-corrected chi connectivity index (χ4v) is 4.41. The summed E-state index contributed by atoms with van der Waals surface area (Å²) in [5.41, 5.74) is 3.54. The lowest BCUT2D eigenvalue weighted by Crippen LogP contribution is -2.47. The van der Waals surface area contributed by atoms with Crippen LogP contribution in [0, 0.1) is 0 Å². The number of nitrogens with zero attached hydrogens (tertiary/aromatic N) is 6. The van der Waals surface area contributed by atoms with E-state index in [1.807, 2.05) is 12.1 Å². The first-order valence-electron chi connectivity index (χ1n) is 10.2. The second kappa shape index (κ2) is 7.62. The number of hydrogen-bond acceptors (Lipinski definition) is 6. The summed E-state index contributed by atoms with van der Waals surface area (Å²) in [7, 11) is 0. The summed E-state index contributed by atoms with van der Waals surface area (Å²) in [6.45, 7) is 2.72. The van der Waals surface area contributed by atoms with Crippen molar-refractivity contribution in [3.8, 4) is 0 Å². The molecule has 7 nitrogen and oxygen atoms in total. The molecule has 0 N–H and O–H groups in total. The van der Waals surface area contributed by atoms with Crippen LogP contribution in [0.5, 0.6) is 0 Å². The highest BCUT2D eigenvalue weighted by Crippen LogP contribution is 2.29. The fraction of sp³-hybridized carbons (Fsp3) is 0.429. The fourth-order valence-electron chi connectivity index (χ4n) is 4.41. The Bertz CT molecular complexity index is 1140. The maximum atomic E-state index is 12.6. The highest BCUT2D eigenvalue weighted by atomic mass is 19.3. The molecule has 2 aliphatic rings. The number of alkyl halides is 2. The Kier molecular flexibility index (Phi) is 4.80. The SMILES string of the molecule is O=c1c2ccc(N3CCN(c4ncnc5c4CCC5)CC3)cc2ncn1CC(F)F. The van der Waals surface area contributed by atoms with Crippen molar-refractivity contribution >= 4 is 22.4 Å². The van der Waals surface area contributed by atoms with Gasteiger partial charge in [-0.15, -0.1) is 0 Å². The molecule has 2 aromatic heterocycles. The Balaban J connectivity index is 1.34. The van der Waals surface area contributed by atoms with Crippen molar-refractivity contribution in [1.29, 1.82) is 0 Å². The minimum atomic E-state index is -2.59. The minimum absolute atomic E-state index is 0.358. The smallest absolute Gasteiger partial charge is 0.261 e. The van der Waals surface area contributed by atoms with E-state index in [0.29, 0.717) is 10.9 Å². The molecule has 0 radical (unpaired) electrons. The summed E-state index contributed by atoms with van der Waals surface area (Å²) in [5, 5.41) is 0.358. The average Bonchev–Trinajstić information content (AvgIpc) is 3.24. The van der Waals surface area contributed by atoms with Gasteiger partial charge in [0.1, 0.15) is 12.1 Å². The molecule has 1 aromatic carbocycles. The van der Waals surface area contributed by atoms with Crippen molar-refractivity contribution in [2.24, 2.45) is 0 Å². The normalized spacial score (nSPS) is 16.5. The number of piperazine rings is 1. The van der Waals surface area contributed by atoms with Crippen molar-refractivity contribution < 1.29 is 8.78 Å².